The lowest BCUT2D eigenvalue weighted by Gasteiger charge is -2.11. The van der Waals surface area contributed by atoms with Crippen molar-refractivity contribution in [3.8, 4) is 22.3 Å². The Labute approximate surface area is 274 Å². The highest BCUT2D eigenvalue weighted by atomic mass is 32.2. The standard InChI is InChI=1S/C40H32N2O4S/c1-27-9-3-5-15-37(27)39(43)41-33-13-7-11-31(25-33)29-17-21-35(22-18-29)47(45,46)36-23-19-30(20-24-36)32-12-8-14-34(26-32)42-40(44)38-16-6-4-10-28(38)2/h3-26H,1-2H3,(H,41,43)(H,42,44). The van der Waals surface area contributed by atoms with E-state index in [9.17, 15) is 18.0 Å². The summed E-state index contributed by atoms with van der Waals surface area (Å²) in [7, 11) is -3.77. The molecule has 0 aliphatic rings. The topological polar surface area (TPSA) is 92.3 Å². The van der Waals surface area contributed by atoms with Crippen LogP contribution in [-0.2, 0) is 9.84 Å². The fourth-order valence-electron chi connectivity index (χ4n) is 5.39. The molecule has 0 bridgehead atoms. The first-order valence-corrected chi connectivity index (χ1v) is 16.6. The molecule has 0 saturated heterocycles. The second kappa shape index (κ2) is 13.3. The van der Waals surface area contributed by atoms with Gasteiger partial charge in [-0.1, -0.05) is 84.9 Å². The summed E-state index contributed by atoms with van der Waals surface area (Å²) in [5, 5.41) is 5.90. The minimum atomic E-state index is -3.77. The molecule has 6 aromatic carbocycles. The lowest BCUT2D eigenvalue weighted by molar-refractivity contribution is 0.101. The van der Waals surface area contributed by atoms with E-state index in [0.717, 1.165) is 33.4 Å². The molecule has 6 rings (SSSR count). The molecule has 47 heavy (non-hydrogen) atoms. The van der Waals surface area contributed by atoms with Crippen LogP contribution in [0.15, 0.2) is 155 Å². The molecule has 0 saturated carbocycles. The summed E-state index contributed by atoms with van der Waals surface area (Å²) in [6, 6.07) is 43.1. The van der Waals surface area contributed by atoms with Crippen LogP contribution in [0.2, 0.25) is 0 Å². The van der Waals surface area contributed by atoms with Gasteiger partial charge in [-0.2, -0.15) is 0 Å². The lowest BCUT2D eigenvalue weighted by atomic mass is 10.0. The number of benzene rings is 6. The maximum Gasteiger partial charge on any atom is 0.255 e. The van der Waals surface area contributed by atoms with Gasteiger partial charge >= 0.3 is 0 Å². The fourth-order valence-corrected chi connectivity index (χ4v) is 6.66. The maximum absolute atomic E-state index is 13.5. The summed E-state index contributed by atoms with van der Waals surface area (Å²) < 4.78 is 27.0. The molecule has 0 spiro atoms. The average Bonchev–Trinajstić information content (AvgIpc) is 3.09. The maximum atomic E-state index is 13.5. The summed E-state index contributed by atoms with van der Waals surface area (Å²) in [4.78, 5) is 25.9. The van der Waals surface area contributed by atoms with Gasteiger partial charge in [0, 0.05) is 22.5 Å². The van der Waals surface area contributed by atoms with E-state index in [-0.39, 0.29) is 21.6 Å². The molecule has 2 N–H and O–H groups in total. The molecule has 0 aromatic heterocycles. The molecule has 0 aliphatic heterocycles. The highest BCUT2D eigenvalue weighted by molar-refractivity contribution is 7.91. The van der Waals surface area contributed by atoms with Crippen LogP contribution in [0.1, 0.15) is 31.8 Å². The molecule has 0 heterocycles. The van der Waals surface area contributed by atoms with E-state index in [4.69, 9.17) is 0 Å². The molecule has 2 amide bonds. The first kappa shape index (κ1) is 31.2. The number of anilines is 2. The molecule has 0 unspecified atom stereocenters. The first-order valence-electron chi connectivity index (χ1n) is 15.1. The monoisotopic (exact) mass is 636 g/mol. The number of carbonyl (C=O) groups excluding carboxylic acids is 2. The molecule has 6 aromatic rings. The zero-order chi connectivity index (χ0) is 33.0. The average molecular weight is 637 g/mol. The van der Waals surface area contributed by atoms with E-state index in [1.165, 1.54) is 0 Å². The summed E-state index contributed by atoms with van der Waals surface area (Å²) in [6.07, 6.45) is 0. The van der Waals surface area contributed by atoms with Crippen molar-refractivity contribution in [2.45, 2.75) is 23.6 Å². The van der Waals surface area contributed by atoms with E-state index in [0.29, 0.717) is 22.5 Å². The van der Waals surface area contributed by atoms with Crippen molar-refractivity contribution in [2.24, 2.45) is 0 Å². The van der Waals surface area contributed by atoms with Gasteiger partial charge in [0.25, 0.3) is 11.8 Å². The molecular formula is C40H32N2O4S. The predicted molar refractivity (Wildman–Crippen MR) is 187 cm³/mol. The predicted octanol–water partition coefficient (Wildman–Crippen LogP) is 8.97. The van der Waals surface area contributed by atoms with Gasteiger partial charge in [0.15, 0.2) is 0 Å². The highest BCUT2D eigenvalue weighted by Gasteiger charge is 2.18. The molecule has 7 heteroatoms. The Morgan fingerprint density at radius 3 is 1.21 bits per heavy atom. The van der Waals surface area contributed by atoms with Crippen LogP contribution >= 0.6 is 0 Å². The van der Waals surface area contributed by atoms with E-state index in [1.54, 1.807) is 60.7 Å². The van der Waals surface area contributed by atoms with Crippen LogP contribution < -0.4 is 10.6 Å². The van der Waals surface area contributed by atoms with Gasteiger partial charge < -0.3 is 10.6 Å². The van der Waals surface area contributed by atoms with Crippen molar-refractivity contribution in [1.82, 2.24) is 0 Å². The molecular weight excluding hydrogens is 605 g/mol. The number of rotatable bonds is 8. The molecule has 6 nitrogen and oxygen atoms in total. The number of amides is 2. The van der Waals surface area contributed by atoms with Crippen LogP contribution in [0.25, 0.3) is 22.3 Å². The normalized spacial score (nSPS) is 11.1. The Balaban J connectivity index is 1.16. The van der Waals surface area contributed by atoms with Crippen LogP contribution in [-0.4, -0.2) is 20.2 Å². The van der Waals surface area contributed by atoms with Crippen LogP contribution in [0.5, 0.6) is 0 Å². The van der Waals surface area contributed by atoms with Gasteiger partial charge in [-0.15, -0.1) is 0 Å². The zero-order valence-corrected chi connectivity index (χ0v) is 26.7. The summed E-state index contributed by atoms with van der Waals surface area (Å²) in [5.41, 5.74) is 7.62. The van der Waals surface area contributed by atoms with Crippen LogP contribution in [0.3, 0.4) is 0 Å². The van der Waals surface area contributed by atoms with Gasteiger partial charge in [-0.3, -0.25) is 9.59 Å². The van der Waals surface area contributed by atoms with E-state index in [2.05, 4.69) is 10.6 Å². The molecule has 0 aliphatic carbocycles. The third-order valence-electron chi connectivity index (χ3n) is 8.02. The Morgan fingerprint density at radius 2 is 0.830 bits per heavy atom. The van der Waals surface area contributed by atoms with Gasteiger partial charge in [0.1, 0.15) is 0 Å². The molecule has 0 fully saturated rings. The van der Waals surface area contributed by atoms with Crippen molar-refractivity contribution in [2.75, 3.05) is 10.6 Å². The molecule has 0 atom stereocenters. The smallest absolute Gasteiger partial charge is 0.255 e. The van der Waals surface area contributed by atoms with Crippen LogP contribution in [0.4, 0.5) is 11.4 Å². The Kier molecular flexibility index (Phi) is 8.82. The summed E-state index contributed by atoms with van der Waals surface area (Å²) in [5.74, 6) is -0.379. The van der Waals surface area contributed by atoms with E-state index in [1.807, 2.05) is 98.8 Å². The van der Waals surface area contributed by atoms with Crippen molar-refractivity contribution < 1.29 is 18.0 Å². The Morgan fingerprint density at radius 1 is 0.447 bits per heavy atom. The highest BCUT2D eigenvalue weighted by Crippen LogP contribution is 2.29. The SMILES string of the molecule is Cc1ccccc1C(=O)Nc1cccc(-c2ccc(S(=O)(=O)c3ccc(-c4cccc(NC(=O)c5ccccc5C)c4)cc3)cc2)c1. The number of sulfone groups is 1. The van der Waals surface area contributed by atoms with Crippen molar-refractivity contribution in [3.05, 3.63) is 168 Å². The third-order valence-corrected chi connectivity index (χ3v) is 9.80. The van der Waals surface area contributed by atoms with E-state index >= 15 is 0 Å². The number of hydrogen-bond donors (Lipinski definition) is 2. The number of hydrogen-bond acceptors (Lipinski definition) is 4. The third kappa shape index (κ3) is 6.90. The van der Waals surface area contributed by atoms with Gasteiger partial charge in [0.05, 0.1) is 9.79 Å². The second-order valence-electron chi connectivity index (χ2n) is 11.3. The van der Waals surface area contributed by atoms with Gasteiger partial charge in [-0.05, 0) is 108 Å². The number of aryl methyl sites for hydroxylation is 2. The lowest BCUT2D eigenvalue weighted by Crippen LogP contribution is -2.13. The molecule has 232 valence electrons. The molecule has 0 radical (unpaired) electrons. The van der Waals surface area contributed by atoms with Crippen molar-refractivity contribution >= 4 is 33.0 Å². The number of carbonyl (C=O) groups is 2. The van der Waals surface area contributed by atoms with Crippen molar-refractivity contribution in [3.63, 3.8) is 0 Å². The number of nitrogens with one attached hydrogen (secondary N) is 2. The van der Waals surface area contributed by atoms with E-state index < -0.39 is 9.84 Å². The summed E-state index contributed by atoms with van der Waals surface area (Å²) >= 11 is 0. The fraction of sp³-hybridized carbons (Fsp3) is 0.0500. The Bertz CT molecular complexity index is 2050. The van der Waals surface area contributed by atoms with Crippen molar-refractivity contribution in [1.29, 1.82) is 0 Å². The largest absolute Gasteiger partial charge is 0.322 e. The minimum absolute atomic E-state index is 0.180. The van der Waals surface area contributed by atoms with Crippen LogP contribution in [0, 0.1) is 13.8 Å². The quantitative estimate of drug-likeness (QED) is 0.174. The summed E-state index contributed by atoms with van der Waals surface area (Å²) in [6.45, 7) is 3.79. The van der Waals surface area contributed by atoms with Gasteiger partial charge in [0.2, 0.25) is 9.84 Å². The minimum Gasteiger partial charge on any atom is -0.322 e. The Hall–Kier alpha value is -5.79. The second-order valence-corrected chi connectivity index (χ2v) is 13.2. The van der Waals surface area contributed by atoms with Gasteiger partial charge in [-0.25, -0.2) is 8.42 Å². The zero-order valence-electron chi connectivity index (χ0n) is 25.9. The first-order chi connectivity index (χ1) is 22.7.